The molecule has 0 amide bonds. The summed E-state index contributed by atoms with van der Waals surface area (Å²) in [6.07, 6.45) is -0.265. The summed E-state index contributed by atoms with van der Waals surface area (Å²) in [5.74, 6) is 1.41. The number of benzene rings is 2. The van der Waals surface area contributed by atoms with E-state index in [0.29, 0.717) is 29.1 Å². The first-order chi connectivity index (χ1) is 11.2. The number of H-pyrrole nitrogens is 1. The van der Waals surface area contributed by atoms with Crippen molar-refractivity contribution in [3.05, 3.63) is 63.7 Å². The Morgan fingerprint density at radius 3 is 2.74 bits per heavy atom. The molecule has 0 bridgehead atoms. The summed E-state index contributed by atoms with van der Waals surface area (Å²) in [5, 5.41) is 0.609. The van der Waals surface area contributed by atoms with Gasteiger partial charge in [0.15, 0.2) is 22.4 Å². The van der Waals surface area contributed by atoms with E-state index in [1.165, 1.54) is 4.57 Å². The van der Waals surface area contributed by atoms with E-state index in [-0.39, 0.29) is 11.7 Å². The third kappa shape index (κ3) is 2.51. The molecule has 0 unspecified atom stereocenters. The van der Waals surface area contributed by atoms with Crippen LogP contribution in [0.1, 0.15) is 0 Å². The number of nitrogens with zero attached hydrogens (tertiary/aromatic N) is 1. The molecule has 2 heterocycles. The third-order valence-electron chi connectivity index (χ3n) is 3.84. The minimum Gasteiger partial charge on any atom is -0.486 e. The number of fused-ring (bicyclic) bond motifs is 2. The lowest BCUT2D eigenvalue weighted by Crippen LogP contribution is -2.37. The van der Waals surface area contributed by atoms with Gasteiger partial charge in [-0.05, 0) is 36.5 Å². The van der Waals surface area contributed by atoms with E-state index in [1.54, 1.807) is 6.07 Å². The van der Waals surface area contributed by atoms with Gasteiger partial charge in [-0.1, -0.05) is 24.3 Å². The molecule has 23 heavy (non-hydrogen) atoms. The second-order valence-corrected chi connectivity index (χ2v) is 5.78. The molecular formula is C17H14N2O3S. The van der Waals surface area contributed by atoms with E-state index in [1.807, 2.05) is 42.5 Å². The molecule has 0 spiro atoms. The first-order valence-corrected chi connectivity index (χ1v) is 7.73. The highest BCUT2D eigenvalue weighted by Crippen LogP contribution is 2.31. The highest BCUT2D eigenvalue weighted by Gasteiger charge is 2.22. The minimum atomic E-state index is -0.265. The summed E-state index contributed by atoms with van der Waals surface area (Å²) < 4.78 is 13.5. The highest BCUT2D eigenvalue weighted by atomic mass is 32.1. The summed E-state index contributed by atoms with van der Waals surface area (Å²) in [6.45, 7) is 0.721. The maximum atomic E-state index is 12.6. The van der Waals surface area contributed by atoms with Crippen molar-refractivity contribution in [2.45, 2.75) is 12.6 Å². The second kappa shape index (κ2) is 5.55. The number of hydrogen-bond donors (Lipinski definition) is 1. The summed E-state index contributed by atoms with van der Waals surface area (Å²) >= 11 is 5.32. The number of aromatic amines is 1. The van der Waals surface area contributed by atoms with Crippen molar-refractivity contribution in [2.75, 3.05) is 6.61 Å². The summed E-state index contributed by atoms with van der Waals surface area (Å²) in [4.78, 5) is 15.7. The molecule has 1 N–H and O–H groups in total. The number of ether oxygens (including phenoxy) is 2. The first kappa shape index (κ1) is 14.0. The first-order valence-electron chi connectivity index (χ1n) is 7.33. The monoisotopic (exact) mass is 326 g/mol. The summed E-state index contributed by atoms with van der Waals surface area (Å²) in [6, 6.07) is 14.8. The molecule has 0 aliphatic carbocycles. The smallest absolute Gasteiger partial charge is 0.262 e. The molecule has 116 valence electrons. The van der Waals surface area contributed by atoms with Gasteiger partial charge in [0, 0.05) is 0 Å². The van der Waals surface area contributed by atoms with E-state index in [2.05, 4.69) is 4.98 Å². The Hall–Kier alpha value is -2.60. The normalized spacial score (nSPS) is 16.4. The molecule has 0 radical (unpaired) electrons. The second-order valence-electron chi connectivity index (χ2n) is 5.39. The zero-order chi connectivity index (χ0) is 15.8. The largest absolute Gasteiger partial charge is 0.486 e. The van der Waals surface area contributed by atoms with Crippen molar-refractivity contribution in [3.8, 4) is 11.5 Å². The fraction of sp³-hybridized carbons (Fsp3) is 0.176. The molecule has 1 atom stereocenters. The SMILES string of the molecule is O=c1c2ccccc2[nH]c(=S)n1C[C@H]1COc2ccccc2O1. The van der Waals surface area contributed by atoms with Crippen LogP contribution in [0.15, 0.2) is 53.3 Å². The Balaban J connectivity index is 1.69. The number of aromatic nitrogens is 2. The molecule has 2 aromatic carbocycles. The third-order valence-corrected chi connectivity index (χ3v) is 4.17. The quantitative estimate of drug-likeness (QED) is 0.736. The van der Waals surface area contributed by atoms with Crippen LogP contribution in [0.25, 0.3) is 10.9 Å². The maximum Gasteiger partial charge on any atom is 0.262 e. The van der Waals surface area contributed by atoms with Gasteiger partial charge in [-0.2, -0.15) is 0 Å². The average molecular weight is 326 g/mol. The Kier molecular flexibility index (Phi) is 3.38. The van der Waals surface area contributed by atoms with Crippen LogP contribution in [-0.4, -0.2) is 22.3 Å². The molecule has 0 saturated heterocycles. The van der Waals surface area contributed by atoms with E-state index in [0.717, 1.165) is 11.3 Å². The van der Waals surface area contributed by atoms with Crippen LogP contribution >= 0.6 is 12.2 Å². The fourth-order valence-electron chi connectivity index (χ4n) is 2.72. The van der Waals surface area contributed by atoms with Gasteiger partial charge in [0.25, 0.3) is 5.56 Å². The molecule has 0 fully saturated rings. The van der Waals surface area contributed by atoms with Crippen LogP contribution in [-0.2, 0) is 6.54 Å². The van der Waals surface area contributed by atoms with Gasteiger partial charge < -0.3 is 14.5 Å². The van der Waals surface area contributed by atoms with Crippen LogP contribution in [0.3, 0.4) is 0 Å². The molecule has 0 saturated carbocycles. The van der Waals surface area contributed by atoms with E-state index in [4.69, 9.17) is 21.7 Å². The van der Waals surface area contributed by atoms with Gasteiger partial charge in [-0.25, -0.2) is 0 Å². The zero-order valence-electron chi connectivity index (χ0n) is 12.2. The van der Waals surface area contributed by atoms with Gasteiger partial charge in [-0.3, -0.25) is 9.36 Å². The van der Waals surface area contributed by atoms with Crippen molar-refractivity contribution in [3.63, 3.8) is 0 Å². The Bertz CT molecular complexity index is 993. The lowest BCUT2D eigenvalue weighted by molar-refractivity contribution is 0.0774. The topological polar surface area (TPSA) is 56.2 Å². The Labute approximate surface area is 137 Å². The standard InChI is InChI=1S/C17H14N2O3S/c20-16-12-5-1-2-6-13(12)18-17(23)19(16)9-11-10-21-14-7-3-4-8-15(14)22-11/h1-8,11H,9-10H2,(H,18,23)/t11-/m0/s1. The zero-order valence-corrected chi connectivity index (χ0v) is 13.0. The number of para-hydroxylation sites is 3. The van der Waals surface area contributed by atoms with Gasteiger partial charge in [0.05, 0.1) is 17.4 Å². The average Bonchev–Trinajstić information content (AvgIpc) is 2.58. The van der Waals surface area contributed by atoms with Crippen LogP contribution < -0.4 is 15.0 Å². The lowest BCUT2D eigenvalue weighted by Gasteiger charge is -2.26. The molecule has 1 aliphatic heterocycles. The minimum absolute atomic E-state index is 0.119. The number of nitrogens with one attached hydrogen (secondary N) is 1. The molecule has 6 heteroatoms. The molecular weight excluding hydrogens is 312 g/mol. The molecule has 4 rings (SSSR count). The highest BCUT2D eigenvalue weighted by molar-refractivity contribution is 7.71. The molecule has 1 aliphatic rings. The van der Waals surface area contributed by atoms with Crippen LogP contribution in [0.5, 0.6) is 11.5 Å². The van der Waals surface area contributed by atoms with Gasteiger partial charge in [0.2, 0.25) is 0 Å². The number of rotatable bonds is 2. The van der Waals surface area contributed by atoms with Crippen molar-refractivity contribution in [1.29, 1.82) is 0 Å². The van der Waals surface area contributed by atoms with Gasteiger partial charge >= 0.3 is 0 Å². The van der Waals surface area contributed by atoms with Crippen molar-refractivity contribution >= 4 is 23.1 Å². The van der Waals surface area contributed by atoms with E-state index >= 15 is 0 Å². The fourth-order valence-corrected chi connectivity index (χ4v) is 2.99. The van der Waals surface area contributed by atoms with Crippen LogP contribution in [0.2, 0.25) is 0 Å². The van der Waals surface area contributed by atoms with Crippen molar-refractivity contribution in [1.82, 2.24) is 9.55 Å². The predicted octanol–water partition coefficient (Wildman–Crippen LogP) is 2.90. The summed E-state index contributed by atoms with van der Waals surface area (Å²) in [5.41, 5.74) is 0.622. The number of hydrogen-bond acceptors (Lipinski definition) is 4. The molecule has 1 aromatic heterocycles. The Morgan fingerprint density at radius 2 is 1.87 bits per heavy atom. The lowest BCUT2D eigenvalue weighted by atomic mass is 10.2. The van der Waals surface area contributed by atoms with E-state index in [9.17, 15) is 4.79 Å². The van der Waals surface area contributed by atoms with Crippen LogP contribution in [0, 0.1) is 4.77 Å². The van der Waals surface area contributed by atoms with Gasteiger partial charge in [0.1, 0.15) is 6.61 Å². The van der Waals surface area contributed by atoms with Crippen molar-refractivity contribution < 1.29 is 9.47 Å². The summed E-state index contributed by atoms with van der Waals surface area (Å²) in [7, 11) is 0. The van der Waals surface area contributed by atoms with Gasteiger partial charge in [-0.15, -0.1) is 0 Å². The van der Waals surface area contributed by atoms with Crippen molar-refractivity contribution in [2.24, 2.45) is 0 Å². The maximum absolute atomic E-state index is 12.6. The van der Waals surface area contributed by atoms with Crippen LogP contribution in [0.4, 0.5) is 0 Å². The van der Waals surface area contributed by atoms with E-state index < -0.39 is 0 Å². The molecule has 5 nitrogen and oxygen atoms in total. The predicted molar refractivity (Wildman–Crippen MR) is 89.7 cm³/mol. The molecule has 3 aromatic rings. The Morgan fingerprint density at radius 1 is 1.13 bits per heavy atom.